The summed E-state index contributed by atoms with van der Waals surface area (Å²) in [6, 6.07) is 18.0. The number of para-hydroxylation sites is 2. The Labute approximate surface area is 145 Å². The minimum Gasteiger partial charge on any atom is -0.493 e. The van der Waals surface area contributed by atoms with Crippen molar-refractivity contribution in [2.24, 2.45) is 0 Å². The first-order valence-corrected chi connectivity index (χ1v) is 8.83. The lowest BCUT2D eigenvalue weighted by molar-refractivity contribution is 0.309. The minimum absolute atomic E-state index is 0.558. The van der Waals surface area contributed by atoms with Crippen molar-refractivity contribution in [3.05, 3.63) is 59.1 Å². The van der Waals surface area contributed by atoms with Crippen LogP contribution < -0.4 is 4.74 Å². The van der Waals surface area contributed by atoms with Gasteiger partial charge in [0.2, 0.25) is 0 Å². The van der Waals surface area contributed by atoms with Gasteiger partial charge in [-0.15, -0.1) is 11.3 Å². The summed E-state index contributed by atoms with van der Waals surface area (Å²) in [6.07, 6.45) is 3.97. The summed E-state index contributed by atoms with van der Waals surface area (Å²) in [7, 11) is 0. The van der Waals surface area contributed by atoms with Crippen LogP contribution >= 0.6 is 11.3 Å². The number of aromatic nitrogens is 1. The number of rotatable bonds is 6. The van der Waals surface area contributed by atoms with Gasteiger partial charge in [-0.25, -0.2) is 4.98 Å². The Kier molecular flexibility index (Phi) is 5.25. The van der Waals surface area contributed by atoms with Crippen LogP contribution in [0, 0.1) is 11.3 Å². The summed E-state index contributed by atoms with van der Waals surface area (Å²) >= 11 is 1.53. The summed E-state index contributed by atoms with van der Waals surface area (Å²) in [6.45, 7) is 2.82. The Hall–Kier alpha value is -2.64. The zero-order chi connectivity index (χ0) is 16.8. The van der Waals surface area contributed by atoms with Crippen molar-refractivity contribution in [3.63, 3.8) is 0 Å². The van der Waals surface area contributed by atoms with Crippen LogP contribution in [-0.2, 0) is 0 Å². The van der Waals surface area contributed by atoms with Gasteiger partial charge in [-0.3, -0.25) is 0 Å². The molecule has 0 N–H and O–H groups in total. The molecule has 0 saturated carbocycles. The smallest absolute Gasteiger partial charge is 0.135 e. The monoisotopic (exact) mass is 334 g/mol. The van der Waals surface area contributed by atoms with Crippen molar-refractivity contribution in [2.75, 3.05) is 6.61 Å². The molecule has 3 nitrogen and oxygen atoms in total. The lowest BCUT2D eigenvalue weighted by Gasteiger charge is -2.08. The van der Waals surface area contributed by atoms with Crippen molar-refractivity contribution in [1.82, 2.24) is 4.98 Å². The van der Waals surface area contributed by atoms with Gasteiger partial charge in [0.05, 0.1) is 22.4 Å². The highest BCUT2D eigenvalue weighted by atomic mass is 32.1. The summed E-state index contributed by atoms with van der Waals surface area (Å²) in [5.74, 6) is 0.805. The van der Waals surface area contributed by atoms with E-state index in [1.165, 1.54) is 11.3 Å². The van der Waals surface area contributed by atoms with Gasteiger partial charge in [-0.2, -0.15) is 5.26 Å². The zero-order valence-corrected chi connectivity index (χ0v) is 14.3. The third-order valence-electron chi connectivity index (χ3n) is 3.62. The number of hydrogen-bond acceptors (Lipinski definition) is 4. The van der Waals surface area contributed by atoms with Gasteiger partial charge in [0.15, 0.2) is 0 Å². The summed E-state index contributed by atoms with van der Waals surface area (Å²) in [4.78, 5) is 4.57. The number of thiazole rings is 1. The van der Waals surface area contributed by atoms with Gasteiger partial charge in [-0.1, -0.05) is 43.7 Å². The van der Waals surface area contributed by atoms with Crippen molar-refractivity contribution in [1.29, 1.82) is 5.26 Å². The molecule has 0 aliphatic carbocycles. The van der Waals surface area contributed by atoms with Gasteiger partial charge in [0.1, 0.15) is 16.8 Å². The van der Waals surface area contributed by atoms with Crippen molar-refractivity contribution < 1.29 is 4.74 Å². The second kappa shape index (κ2) is 7.76. The fourth-order valence-electron chi connectivity index (χ4n) is 2.34. The number of allylic oxidation sites excluding steroid dienone is 1. The Balaban J connectivity index is 1.95. The molecule has 2 aromatic carbocycles. The van der Waals surface area contributed by atoms with Crippen LogP contribution in [0.3, 0.4) is 0 Å². The molecule has 0 radical (unpaired) electrons. The third kappa shape index (κ3) is 3.64. The average molecular weight is 334 g/mol. The molecular formula is C20H18N2OS. The molecule has 0 aliphatic heterocycles. The molecule has 0 saturated heterocycles. The van der Waals surface area contributed by atoms with E-state index in [9.17, 15) is 5.26 Å². The fourth-order valence-corrected chi connectivity index (χ4v) is 3.27. The van der Waals surface area contributed by atoms with Crippen LogP contribution in [0.15, 0.2) is 48.5 Å². The number of benzene rings is 2. The first-order chi connectivity index (χ1) is 11.8. The Morgan fingerprint density at radius 1 is 1.21 bits per heavy atom. The maximum atomic E-state index is 9.58. The van der Waals surface area contributed by atoms with E-state index in [0.717, 1.165) is 39.4 Å². The van der Waals surface area contributed by atoms with E-state index in [1.807, 2.05) is 54.6 Å². The molecule has 3 rings (SSSR count). The van der Waals surface area contributed by atoms with Crippen LogP contribution in [0.1, 0.15) is 30.3 Å². The predicted octanol–water partition coefficient (Wildman–Crippen LogP) is 5.54. The van der Waals surface area contributed by atoms with E-state index < -0.39 is 0 Å². The van der Waals surface area contributed by atoms with Crippen LogP contribution in [0.4, 0.5) is 0 Å². The largest absolute Gasteiger partial charge is 0.493 e. The van der Waals surface area contributed by atoms with Crippen LogP contribution in [0.5, 0.6) is 5.75 Å². The maximum Gasteiger partial charge on any atom is 0.135 e. The topological polar surface area (TPSA) is 45.9 Å². The highest BCUT2D eigenvalue weighted by Crippen LogP contribution is 2.30. The van der Waals surface area contributed by atoms with Gasteiger partial charge in [0.25, 0.3) is 0 Å². The number of nitriles is 1. The summed E-state index contributed by atoms with van der Waals surface area (Å²) in [5.41, 5.74) is 2.39. The van der Waals surface area contributed by atoms with E-state index in [0.29, 0.717) is 12.2 Å². The van der Waals surface area contributed by atoms with Gasteiger partial charge >= 0.3 is 0 Å². The predicted molar refractivity (Wildman–Crippen MR) is 99.9 cm³/mol. The number of fused-ring (bicyclic) bond motifs is 1. The number of hydrogen-bond donors (Lipinski definition) is 0. The highest BCUT2D eigenvalue weighted by molar-refractivity contribution is 7.19. The molecule has 0 aliphatic rings. The first-order valence-electron chi connectivity index (χ1n) is 8.01. The second-order valence-corrected chi connectivity index (χ2v) is 6.43. The first kappa shape index (κ1) is 16.2. The van der Waals surface area contributed by atoms with E-state index in [2.05, 4.69) is 18.0 Å². The van der Waals surface area contributed by atoms with Gasteiger partial charge in [0, 0.05) is 5.56 Å². The molecule has 1 aromatic heterocycles. The van der Waals surface area contributed by atoms with E-state index in [-0.39, 0.29) is 0 Å². The van der Waals surface area contributed by atoms with Gasteiger partial charge < -0.3 is 4.74 Å². The fraction of sp³-hybridized carbons (Fsp3) is 0.200. The molecule has 3 aromatic rings. The molecule has 24 heavy (non-hydrogen) atoms. The molecule has 120 valence electrons. The average Bonchev–Trinajstić information content (AvgIpc) is 3.05. The van der Waals surface area contributed by atoms with Crippen LogP contribution in [0.25, 0.3) is 21.9 Å². The Morgan fingerprint density at radius 2 is 2.00 bits per heavy atom. The molecule has 4 heteroatoms. The van der Waals surface area contributed by atoms with Crippen LogP contribution in [0.2, 0.25) is 0 Å². The number of unbranched alkanes of at least 4 members (excludes halogenated alkanes) is 1. The SMILES string of the molecule is CCCCOc1ccccc1/C=C(\C#N)c1nc2ccccc2s1. The normalized spacial score (nSPS) is 11.4. The second-order valence-electron chi connectivity index (χ2n) is 5.40. The molecule has 0 unspecified atom stereocenters. The van der Waals surface area contributed by atoms with E-state index in [4.69, 9.17) is 4.74 Å². The Bertz CT molecular complexity index is 872. The highest BCUT2D eigenvalue weighted by Gasteiger charge is 2.10. The molecule has 0 bridgehead atoms. The summed E-state index contributed by atoms with van der Waals surface area (Å²) < 4.78 is 6.93. The molecule has 0 atom stereocenters. The molecule has 0 spiro atoms. The Morgan fingerprint density at radius 3 is 2.79 bits per heavy atom. The lowest BCUT2D eigenvalue weighted by atomic mass is 10.1. The quantitative estimate of drug-likeness (QED) is 0.439. The lowest BCUT2D eigenvalue weighted by Crippen LogP contribution is -1.98. The van der Waals surface area contributed by atoms with Gasteiger partial charge in [-0.05, 0) is 30.7 Å². The summed E-state index contributed by atoms with van der Waals surface area (Å²) in [5, 5.41) is 10.3. The molecule has 1 heterocycles. The van der Waals surface area contributed by atoms with E-state index >= 15 is 0 Å². The number of nitrogens with zero attached hydrogens (tertiary/aromatic N) is 2. The molecule has 0 amide bonds. The zero-order valence-electron chi connectivity index (χ0n) is 13.5. The van der Waals surface area contributed by atoms with Crippen molar-refractivity contribution in [2.45, 2.75) is 19.8 Å². The van der Waals surface area contributed by atoms with Crippen LogP contribution in [-0.4, -0.2) is 11.6 Å². The molecular weight excluding hydrogens is 316 g/mol. The maximum absolute atomic E-state index is 9.58. The van der Waals surface area contributed by atoms with Crippen molar-refractivity contribution in [3.8, 4) is 11.8 Å². The molecule has 0 fully saturated rings. The standard InChI is InChI=1S/C20H18N2OS/c1-2-3-12-23-18-10-6-4-8-15(18)13-16(14-21)20-22-17-9-5-7-11-19(17)24-20/h4-11,13H,2-3,12H2,1H3/b16-13+. The third-order valence-corrected chi connectivity index (χ3v) is 4.69. The number of ether oxygens (including phenoxy) is 1. The van der Waals surface area contributed by atoms with Crippen molar-refractivity contribution >= 4 is 33.2 Å². The van der Waals surface area contributed by atoms with E-state index in [1.54, 1.807) is 0 Å². The minimum atomic E-state index is 0.558.